The minimum atomic E-state index is 1.08. The maximum absolute atomic E-state index is 3.85. The molecular formula is C78H99Br3. The molecule has 0 nitrogen and oxygen atoms in total. The summed E-state index contributed by atoms with van der Waals surface area (Å²) in [6.45, 7) is 6.93. The summed E-state index contributed by atoms with van der Waals surface area (Å²) >= 11 is 11.6. The number of aryl methyl sites for hydroxylation is 3. The maximum atomic E-state index is 3.85. The highest BCUT2D eigenvalue weighted by Gasteiger charge is 2.29. The molecule has 0 saturated heterocycles. The first kappa shape index (κ1) is 64.5. The van der Waals surface area contributed by atoms with E-state index in [-0.39, 0.29) is 0 Å². The van der Waals surface area contributed by atoms with Crippen LogP contribution in [-0.2, 0) is 19.3 Å². The third-order valence-corrected chi connectivity index (χ3v) is 18.7. The van der Waals surface area contributed by atoms with Crippen LogP contribution in [0.25, 0.3) is 66.8 Å². The predicted molar refractivity (Wildman–Crippen MR) is 369 cm³/mol. The van der Waals surface area contributed by atoms with Gasteiger partial charge in [-0.1, -0.05) is 351 Å². The Balaban J connectivity index is 1.32. The molecule has 0 aliphatic heterocycles. The Kier molecular flexibility index (Phi) is 29.7. The van der Waals surface area contributed by atoms with Gasteiger partial charge in [0.1, 0.15) is 0 Å². The van der Waals surface area contributed by atoms with Gasteiger partial charge < -0.3 is 0 Å². The minimum Gasteiger partial charge on any atom is -0.0654 e. The lowest BCUT2D eigenvalue weighted by Crippen LogP contribution is -2.02. The lowest BCUT2D eigenvalue weighted by Gasteiger charge is -2.29. The van der Waals surface area contributed by atoms with Gasteiger partial charge in [-0.15, -0.1) is 0 Å². The first-order valence-corrected chi connectivity index (χ1v) is 35.1. The van der Waals surface area contributed by atoms with Crippen LogP contribution in [0, 0.1) is 0 Å². The highest BCUT2D eigenvalue weighted by molar-refractivity contribution is 9.11. The summed E-state index contributed by atoms with van der Waals surface area (Å²) in [5.41, 5.74) is 19.3. The summed E-state index contributed by atoms with van der Waals surface area (Å²) < 4.78 is 3.24. The van der Waals surface area contributed by atoms with Gasteiger partial charge in [-0.3, -0.25) is 0 Å². The van der Waals surface area contributed by atoms with Crippen molar-refractivity contribution in [1.82, 2.24) is 0 Å². The zero-order valence-electron chi connectivity index (χ0n) is 50.3. The molecule has 0 saturated carbocycles. The third kappa shape index (κ3) is 21.2. The van der Waals surface area contributed by atoms with Crippen LogP contribution in [0.4, 0.5) is 0 Å². The summed E-state index contributed by atoms with van der Waals surface area (Å²) in [7, 11) is 0. The zero-order chi connectivity index (χ0) is 56.7. The summed E-state index contributed by atoms with van der Waals surface area (Å²) in [6.07, 6.45) is 44.0. The molecule has 0 amide bonds. The van der Waals surface area contributed by atoms with Crippen molar-refractivity contribution in [2.24, 2.45) is 0 Å². The SMILES string of the molecule is CCCCCCCCCCCCc1ccc(-c2c(-c3ccc(Br)cc3)c(-c3ccc(CCCCCCCCCCCC)cc3)c(-c3ccc(Br)cc3)c(-c3ccc(CCCCCCCCCCCC)cc3)c2-c2ccc(Br)cc2)cc1. The fourth-order valence-electron chi connectivity index (χ4n) is 12.3. The zero-order valence-corrected chi connectivity index (χ0v) is 55.1. The molecule has 81 heavy (non-hydrogen) atoms. The van der Waals surface area contributed by atoms with E-state index in [0.29, 0.717) is 0 Å². The van der Waals surface area contributed by atoms with E-state index in [1.165, 1.54) is 276 Å². The van der Waals surface area contributed by atoms with Gasteiger partial charge in [0, 0.05) is 13.4 Å². The molecule has 432 valence electrons. The molecule has 7 aromatic carbocycles. The smallest absolute Gasteiger partial charge is 0.0175 e. The van der Waals surface area contributed by atoms with E-state index in [9.17, 15) is 0 Å². The standard InChI is InChI=1S/C78H99Br3/c1-4-7-10-13-16-19-22-25-28-31-34-61-37-43-64(44-38-61)73-76(67-49-55-70(79)56-50-67)74(65-45-39-62(40-46-65)35-32-29-26-23-20-17-14-11-8-5-2)78(69-53-59-72(81)60-54-69)75(77(73)68-51-57-71(80)58-52-68)66-47-41-63(42-48-66)36-33-30-27-24-21-18-15-12-9-6-3/h37-60H,4-36H2,1-3H3. The largest absolute Gasteiger partial charge is 0.0654 e. The van der Waals surface area contributed by atoms with Gasteiger partial charge in [-0.2, -0.15) is 0 Å². The first-order chi connectivity index (χ1) is 39.9. The Morgan fingerprint density at radius 1 is 0.185 bits per heavy atom. The van der Waals surface area contributed by atoms with Crippen molar-refractivity contribution in [2.45, 2.75) is 233 Å². The summed E-state index contributed by atoms with van der Waals surface area (Å²) in [5, 5.41) is 0. The molecule has 0 unspecified atom stereocenters. The van der Waals surface area contributed by atoms with Crippen molar-refractivity contribution in [3.05, 3.63) is 176 Å². The molecule has 3 heteroatoms. The molecule has 0 aliphatic carbocycles. The molecule has 0 heterocycles. The molecule has 7 aromatic rings. The lowest BCUT2D eigenvalue weighted by molar-refractivity contribution is 0.556. The van der Waals surface area contributed by atoms with E-state index < -0.39 is 0 Å². The molecule has 0 aromatic heterocycles. The molecule has 0 fully saturated rings. The van der Waals surface area contributed by atoms with Crippen molar-refractivity contribution in [1.29, 1.82) is 0 Å². The lowest BCUT2D eigenvalue weighted by atomic mass is 9.74. The van der Waals surface area contributed by atoms with Gasteiger partial charge in [0.05, 0.1) is 0 Å². The van der Waals surface area contributed by atoms with E-state index >= 15 is 0 Å². The molecule has 0 atom stereocenters. The maximum Gasteiger partial charge on any atom is 0.0175 e. The number of unbranched alkanes of at least 4 members (excludes halogenated alkanes) is 27. The Morgan fingerprint density at radius 3 is 0.506 bits per heavy atom. The van der Waals surface area contributed by atoms with Crippen molar-refractivity contribution < 1.29 is 0 Å². The molecule has 0 spiro atoms. The van der Waals surface area contributed by atoms with Crippen molar-refractivity contribution >= 4 is 47.8 Å². The first-order valence-electron chi connectivity index (χ1n) is 32.7. The number of hydrogen-bond acceptors (Lipinski definition) is 0. The van der Waals surface area contributed by atoms with Gasteiger partial charge in [0.25, 0.3) is 0 Å². The van der Waals surface area contributed by atoms with Crippen molar-refractivity contribution in [2.75, 3.05) is 0 Å². The molecule has 0 radical (unpaired) electrons. The van der Waals surface area contributed by atoms with Gasteiger partial charge in [-0.25, -0.2) is 0 Å². The Hall–Kier alpha value is -4.02. The molecule has 0 bridgehead atoms. The predicted octanol–water partition coefficient (Wildman–Crippen LogP) is 27.4. The highest BCUT2D eigenvalue weighted by atomic mass is 79.9. The fourth-order valence-corrected chi connectivity index (χ4v) is 13.1. The van der Waals surface area contributed by atoms with Crippen LogP contribution in [0.5, 0.6) is 0 Å². The van der Waals surface area contributed by atoms with Gasteiger partial charge >= 0.3 is 0 Å². The van der Waals surface area contributed by atoms with Gasteiger partial charge in [0.2, 0.25) is 0 Å². The van der Waals surface area contributed by atoms with E-state index in [0.717, 1.165) is 32.7 Å². The van der Waals surface area contributed by atoms with Crippen LogP contribution < -0.4 is 0 Å². The van der Waals surface area contributed by atoms with Crippen LogP contribution in [0.1, 0.15) is 230 Å². The minimum absolute atomic E-state index is 1.08. The number of benzene rings is 7. The molecule has 0 aliphatic rings. The Morgan fingerprint density at radius 2 is 0.333 bits per heavy atom. The number of halogens is 3. The van der Waals surface area contributed by atoms with E-state index in [1.807, 2.05) is 0 Å². The van der Waals surface area contributed by atoms with Crippen molar-refractivity contribution in [3.63, 3.8) is 0 Å². The Labute approximate surface area is 519 Å². The normalized spacial score (nSPS) is 11.5. The van der Waals surface area contributed by atoms with Crippen LogP contribution in [-0.4, -0.2) is 0 Å². The summed E-state index contributed by atoms with van der Waals surface area (Å²) in [5.74, 6) is 0. The van der Waals surface area contributed by atoms with Crippen LogP contribution >= 0.6 is 47.8 Å². The second-order valence-corrected chi connectivity index (χ2v) is 26.4. The van der Waals surface area contributed by atoms with E-state index in [2.05, 4.69) is 214 Å². The number of rotatable bonds is 39. The van der Waals surface area contributed by atoms with Crippen LogP contribution in [0.2, 0.25) is 0 Å². The Bertz CT molecular complexity index is 2470. The molecule has 7 rings (SSSR count). The molecular weight excluding hydrogens is 1180 g/mol. The fraction of sp³-hybridized carbons (Fsp3) is 0.462. The van der Waals surface area contributed by atoms with E-state index in [1.54, 1.807) is 0 Å². The van der Waals surface area contributed by atoms with Crippen LogP contribution in [0.15, 0.2) is 159 Å². The monoisotopic (exact) mass is 1270 g/mol. The van der Waals surface area contributed by atoms with Gasteiger partial charge in [-0.05, 0) is 158 Å². The topological polar surface area (TPSA) is 0 Å². The molecule has 0 N–H and O–H groups in total. The van der Waals surface area contributed by atoms with E-state index in [4.69, 9.17) is 0 Å². The third-order valence-electron chi connectivity index (χ3n) is 17.1. The van der Waals surface area contributed by atoms with Crippen LogP contribution in [0.3, 0.4) is 0 Å². The number of hydrogen-bond donors (Lipinski definition) is 0. The van der Waals surface area contributed by atoms with Crippen molar-refractivity contribution in [3.8, 4) is 66.8 Å². The second kappa shape index (κ2) is 37.3. The summed E-state index contributed by atoms with van der Waals surface area (Å²) in [4.78, 5) is 0. The van der Waals surface area contributed by atoms with Gasteiger partial charge in [0.15, 0.2) is 0 Å². The summed E-state index contributed by atoms with van der Waals surface area (Å²) in [6, 6.07) is 56.7. The quantitative estimate of drug-likeness (QED) is 0.0337. The second-order valence-electron chi connectivity index (χ2n) is 23.7. The average molecular weight is 1280 g/mol. The average Bonchev–Trinajstić information content (AvgIpc) is 3.68. The highest BCUT2D eigenvalue weighted by Crippen LogP contribution is 2.56.